The first-order chi connectivity index (χ1) is 4.88. The minimum absolute atomic E-state index is 0.495. The van der Waals surface area contributed by atoms with Gasteiger partial charge in [0.05, 0.1) is 13.3 Å². The van der Waals surface area contributed by atoms with Crippen LogP contribution in [0.1, 0.15) is 25.1 Å². The first-order valence-electron chi connectivity index (χ1n) is 3.71. The highest BCUT2D eigenvalue weighted by atomic mass is 16.3. The Morgan fingerprint density at radius 1 is 1.70 bits per heavy atom. The van der Waals surface area contributed by atoms with E-state index in [1.54, 1.807) is 6.26 Å². The average Bonchev–Trinajstić information content (AvgIpc) is 2.43. The van der Waals surface area contributed by atoms with Crippen LogP contribution in [-0.4, -0.2) is 7.05 Å². The van der Waals surface area contributed by atoms with Gasteiger partial charge in [-0.25, -0.2) is 0 Å². The number of furan rings is 1. The van der Waals surface area contributed by atoms with Gasteiger partial charge >= 0.3 is 0 Å². The van der Waals surface area contributed by atoms with E-state index in [0.29, 0.717) is 6.04 Å². The van der Waals surface area contributed by atoms with Crippen LogP contribution in [0.3, 0.4) is 0 Å². The molecule has 1 heterocycles. The van der Waals surface area contributed by atoms with E-state index in [0.717, 1.165) is 12.2 Å². The fourth-order valence-corrected chi connectivity index (χ4v) is 1.10. The molecule has 0 aromatic carbocycles. The molecule has 2 heteroatoms. The summed E-state index contributed by atoms with van der Waals surface area (Å²) in [5.74, 6) is 1.07. The zero-order valence-corrected chi connectivity index (χ0v) is 6.50. The van der Waals surface area contributed by atoms with Crippen LogP contribution >= 0.6 is 0 Å². The van der Waals surface area contributed by atoms with E-state index in [4.69, 9.17) is 4.42 Å². The number of nitrogens with two attached hydrogens (primary N) is 1. The first-order valence-corrected chi connectivity index (χ1v) is 3.71. The zero-order chi connectivity index (χ0) is 7.40. The summed E-state index contributed by atoms with van der Waals surface area (Å²) in [5.41, 5.74) is 0. The van der Waals surface area contributed by atoms with Crippen molar-refractivity contribution in [3.8, 4) is 0 Å². The van der Waals surface area contributed by atoms with Crippen molar-refractivity contribution in [3.63, 3.8) is 0 Å². The number of hydrogen-bond acceptors (Lipinski definition) is 1. The summed E-state index contributed by atoms with van der Waals surface area (Å²) in [4.78, 5) is 0. The van der Waals surface area contributed by atoms with Crippen LogP contribution in [0.15, 0.2) is 22.8 Å². The van der Waals surface area contributed by atoms with Crippen LogP contribution in [0.5, 0.6) is 0 Å². The number of quaternary nitrogens is 1. The van der Waals surface area contributed by atoms with Gasteiger partial charge in [-0.3, -0.25) is 0 Å². The fourth-order valence-electron chi connectivity index (χ4n) is 1.10. The summed E-state index contributed by atoms with van der Waals surface area (Å²) in [6.07, 6.45) is 2.84. The van der Waals surface area contributed by atoms with Gasteiger partial charge in [0.1, 0.15) is 6.04 Å². The molecule has 10 heavy (non-hydrogen) atoms. The Morgan fingerprint density at radius 3 is 2.90 bits per heavy atom. The van der Waals surface area contributed by atoms with Crippen LogP contribution in [0.25, 0.3) is 0 Å². The quantitative estimate of drug-likeness (QED) is 0.665. The highest BCUT2D eigenvalue weighted by molar-refractivity contribution is 5.00. The van der Waals surface area contributed by atoms with Crippen LogP contribution in [0.2, 0.25) is 0 Å². The van der Waals surface area contributed by atoms with Gasteiger partial charge in [0.2, 0.25) is 0 Å². The van der Waals surface area contributed by atoms with E-state index in [2.05, 4.69) is 19.3 Å². The first kappa shape index (κ1) is 7.35. The molecule has 0 aliphatic carbocycles. The smallest absolute Gasteiger partial charge is 0.160 e. The van der Waals surface area contributed by atoms with Gasteiger partial charge in [-0.2, -0.15) is 0 Å². The van der Waals surface area contributed by atoms with Crippen molar-refractivity contribution in [2.24, 2.45) is 0 Å². The molecule has 2 N–H and O–H groups in total. The maximum atomic E-state index is 5.25. The third kappa shape index (κ3) is 1.39. The van der Waals surface area contributed by atoms with Gasteiger partial charge in [0, 0.05) is 6.42 Å². The molecule has 0 saturated heterocycles. The second kappa shape index (κ2) is 3.42. The average molecular weight is 140 g/mol. The van der Waals surface area contributed by atoms with E-state index in [-0.39, 0.29) is 0 Å². The molecule has 2 nitrogen and oxygen atoms in total. The number of hydrogen-bond donors (Lipinski definition) is 1. The lowest BCUT2D eigenvalue weighted by molar-refractivity contribution is -0.672. The van der Waals surface area contributed by atoms with Crippen molar-refractivity contribution in [2.45, 2.75) is 19.4 Å². The molecule has 1 atom stereocenters. The fraction of sp³-hybridized carbons (Fsp3) is 0.500. The van der Waals surface area contributed by atoms with E-state index in [9.17, 15) is 0 Å². The van der Waals surface area contributed by atoms with Gasteiger partial charge in [0.15, 0.2) is 5.76 Å². The van der Waals surface area contributed by atoms with Gasteiger partial charge in [-0.15, -0.1) is 0 Å². The summed E-state index contributed by atoms with van der Waals surface area (Å²) < 4.78 is 5.25. The molecule has 0 radical (unpaired) electrons. The minimum Gasteiger partial charge on any atom is -0.463 e. The van der Waals surface area contributed by atoms with Gasteiger partial charge in [-0.05, 0) is 12.1 Å². The van der Waals surface area contributed by atoms with Crippen LogP contribution in [-0.2, 0) is 0 Å². The van der Waals surface area contributed by atoms with E-state index < -0.39 is 0 Å². The van der Waals surface area contributed by atoms with E-state index in [1.165, 1.54) is 0 Å². The van der Waals surface area contributed by atoms with Gasteiger partial charge in [-0.1, -0.05) is 6.92 Å². The molecule has 1 rings (SSSR count). The predicted octanol–water partition coefficient (Wildman–Crippen LogP) is 0.924. The van der Waals surface area contributed by atoms with Crippen LogP contribution < -0.4 is 5.32 Å². The third-order valence-corrected chi connectivity index (χ3v) is 1.75. The molecular weight excluding hydrogens is 126 g/mol. The monoisotopic (exact) mass is 140 g/mol. The zero-order valence-electron chi connectivity index (χ0n) is 6.50. The van der Waals surface area contributed by atoms with Gasteiger partial charge < -0.3 is 9.73 Å². The molecule has 0 amide bonds. The van der Waals surface area contributed by atoms with Crippen molar-refractivity contribution >= 4 is 0 Å². The summed E-state index contributed by atoms with van der Waals surface area (Å²) in [6, 6.07) is 4.45. The molecule has 56 valence electrons. The maximum absolute atomic E-state index is 5.25. The Morgan fingerprint density at radius 2 is 2.50 bits per heavy atom. The molecule has 1 aromatic rings. The SMILES string of the molecule is CC[C@@H]([NH2+]C)c1ccco1. The van der Waals surface area contributed by atoms with E-state index in [1.807, 2.05) is 12.1 Å². The Balaban J connectivity index is 2.64. The lowest BCUT2D eigenvalue weighted by Crippen LogP contribution is -2.80. The molecule has 0 aliphatic heterocycles. The largest absolute Gasteiger partial charge is 0.463 e. The number of rotatable bonds is 3. The summed E-state index contributed by atoms with van der Waals surface area (Å²) >= 11 is 0. The minimum atomic E-state index is 0.495. The van der Waals surface area contributed by atoms with Crippen molar-refractivity contribution in [1.29, 1.82) is 0 Å². The summed E-state index contributed by atoms with van der Waals surface area (Å²) in [7, 11) is 2.07. The molecule has 0 spiro atoms. The van der Waals surface area contributed by atoms with Crippen molar-refractivity contribution < 1.29 is 9.73 Å². The lowest BCUT2D eigenvalue weighted by Gasteiger charge is -2.05. The van der Waals surface area contributed by atoms with Crippen molar-refractivity contribution in [1.82, 2.24) is 0 Å². The lowest BCUT2D eigenvalue weighted by atomic mass is 10.2. The summed E-state index contributed by atoms with van der Waals surface area (Å²) in [5, 5.41) is 2.17. The maximum Gasteiger partial charge on any atom is 0.160 e. The highest BCUT2D eigenvalue weighted by Gasteiger charge is 2.11. The normalized spacial score (nSPS) is 13.4. The third-order valence-electron chi connectivity index (χ3n) is 1.75. The summed E-state index contributed by atoms with van der Waals surface area (Å²) in [6.45, 7) is 2.16. The van der Waals surface area contributed by atoms with Crippen LogP contribution in [0.4, 0.5) is 0 Å². The molecular formula is C8H14NO+. The molecule has 1 aromatic heterocycles. The molecule has 0 saturated carbocycles. The van der Waals surface area contributed by atoms with Gasteiger partial charge in [0.25, 0.3) is 0 Å². The van der Waals surface area contributed by atoms with Crippen molar-refractivity contribution in [2.75, 3.05) is 7.05 Å². The molecule has 0 bridgehead atoms. The Hall–Kier alpha value is -0.760. The second-order valence-electron chi connectivity index (χ2n) is 2.36. The van der Waals surface area contributed by atoms with E-state index >= 15 is 0 Å². The molecule has 0 fully saturated rings. The topological polar surface area (TPSA) is 29.8 Å². The highest BCUT2D eigenvalue weighted by Crippen LogP contribution is 2.11. The Labute approximate surface area is 61.2 Å². The Bertz CT molecular complexity index is 165. The molecule has 0 unspecified atom stereocenters. The van der Waals surface area contributed by atoms with Crippen molar-refractivity contribution in [3.05, 3.63) is 24.2 Å². The standard InChI is InChI=1S/C8H13NO/c1-3-7(9-2)8-5-4-6-10-8/h4-7,9H,3H2,1-2H3/p+1/t7-/m1/s1. The second-order valence-corrected chi connectivity index (χ2v) is 2.36. The Kier molecular flexibility index (Phi) is 2.51. The van der Waals surface area contributed by atoms with Crippen LogP contribution in [0, 0.1) is 0 Å². The molecule has 0 aliphatic rings. The predicted molar refractivity (Wildman–Crippen MR) is 39.6 cm³/mol.